The summed E-state index contributed by atoms with van der Waals surface area (Å²) in [7, 11) is 0. The van der Waals surface area contributed by atoms with Gasteiger partial charge in [-0.15, -0.1) is 0 Å². The van der Waals surface area contributed by atoms with E-state index in [1.54, 1.807) is 0 Å². The Labute approximate surface area is 206 Å². The molecule has 0 heterocycles. The summed E-state index contributed by atoms with van der Waals surface area (Å²) >= 11 is 0. The normalized spacial score (nSPS) is 10.5. The van der Waals surface area contributed by atoms with Crippen LogP contribution in [0.15, 0.2) is 97.1 Å². The predicted octanol–water partition coefficient (Wildman–Crippen LogP) is 6.95. The minimum absolute atomic E-state index is 0.263. The molecule has 0 fully saturated rings. The van der Waals surface area contributed by atoms with E-state index in [0.29, 0.717) is 6.73 Å². The third kappa shape index (κ3) is 7.62. The van der Waals surface area contributed by atoms with Crippen molar-refractivity contribution in [1.82, 2.24) is 0 Å². The quantitative estimate of drug-likeness (QED) is 0.122. The lowest BCUT2D eigenvalue weighted by Crippen LogP contribution is -2.19. The highest BCUT2D eigenvalue weighted by Gasteiger charge is 2.04. The fraction of sp³-hybridized carbons (Fsp3) is 0.138. The molecule has 0 saturated heterocycles. The molecule has 0 unspecified atom stereocenters. The van der Waals surface area contributed by atoms with Crippen LogP contribution in [-0.4, -0.2) is 12.8 Å². The lowest BCUT2D eigenvalue weighted by atomic mass is 10.0. The van der Waals surface area contributed by atoms with Crippen LogP contribution in [0.5, 0.6) is 0 Å². The van der Waals surface area contributed by atoms with E-state index < -0.39 is 0 Å². The highest BCUT2D eigenvalue weighted by molar-refractivity contribution is 5.99. The van der Waals surface area contributed by atoms with Gasteiger partial charge in [0.2, 0.25) is 0 Å². The highest BCUT2D eigenvalue weighted by Crippen LogP contribution is 2.17. The highest BCUT2D eigenvalue weighted by atomic mass is 16.7. The third-order valence-corrected chi connectivity index (χ3v) is 5.47. The van der Waals surface area contributed by atoms with Gasteiger partial charge in [-0.05, 0) is 79.9 Å². The van der Waals surface area contributed by atoms with Crippen LogP contribution < -0.4 is 21.4 Å². The second kappa shape index (κ2) is 11.7. The van der Waals surface area contributed by atoms with Crippen LogP contribution in [0.3, 0.4) is 0 Å². The Kier molecular flexibility index (Phi) is 7.99. The molecule has 0 aliphatic heterocycles. The Balaban J connectivity index is 1.20. The van der Waals surface area contributed by atoms with Crippen molar-refractivity contribution in [3.63, 3.8) is 0 Å². The summed E-state index contributed by atoms with van der Waals surface area (Å²) in [6, 6.07) is 31.6. The summed E-state index contributed by atoms with van der Waals surface area (Å²) in [6.07, 6.45) is 0.798. The lowest BCUT2D eigenvalue weighted by molar-refractivity contribution is 0.216. The maximum absolute atomic E-state index is 12.2. The van der Waals surface area contributed by atoms with Crippen molar-refractivity contribution in [3.8, 4) is 0 Å². The number of anilines is 4. The monoisotopic (exact) mass is 466 g/mol. The molecule has 0 aromatic heterocycles. The Morgan fingerprint density at radius 2 is 1.03 bits per heavy atom. The van der Waals surface area contributed by atoms with Crippen LogP contribution in [0.4, 0.5) is 27.5 Å². The first kappa shape index (κ1) is 23.9. The molecular formula is C29H30N4O2. The van der Waals surface area contributed by atoms with Gasteiger partial charge in [0.1, 0.15) is 6.73 Å². The number of hydrogen-bond donors (Lipinski definition) is 4. The third-order valence-electron chi connectivity index (χ3n) is 5.47. The van der Waals surface area contributed by atoms with Crippen LogP contribution >= 0.6 is 0 Å². The van der Waals surface area contributed by atoms with Gasteiger partial charge in [0.25, 0.3) is 0 Å². The molecule has 4 aromatic rings. The van der Waals surface area contributed by atoms with E-state index in [2.05, 4.69) is 52.6 Å². The van der Waals surface area contributed by atoms with Gasteiger partial charge >= 0.3 is 6.03 Å². The van der Waals surface area contributed by atoms with Crippen molar-refractivity contribution in [1.29, 1.82) is 0 Å². The van der Waals surface area contributed by atoms with E-state index >= 15 is 0 Å². The molecule has 4 aromatic carbocycles. The number of nitrogens with one attached hydrogen (secondary N) is 4. The Morgan fingerprint density at radius 1 is 0.600 bits per heavy atom. The second-order valence-electron chi connectivity index (χ2n) is 8.45. The Hall–Kier alpha value is -4.29. The van der Waals surface area contributed by atoms with Crippen molar-refractivity contribution in [2.75, 3.05) is 28.2 Å². The average molecular weight is 467 g/mol. The fourth-order valence-corrected chi connectivity index (χ4v) is 3.47. The van der Waals surface area contributed by atoms with Gasteiger partial charge in [-0.3, -0.25) is 10.3 Å². The fourth-order valence-electron chi connectivity index (χ4n) is 3.47. The summed E-state index contributed by atoms with van der Waals surface area (Å²) in [5, 5.41) is 8.90. The van der Waals surface area contributed by atoms with Gasteiger partial charge in [-0.25, -0.2) is 4.79 Å². The first-order chi connectivity index (χ1) is 17.0. The minimum Gasteiger partial charge on any atom is -0.361 e. The molecule has 4 rings (SSSR count). The van der Waals surface area contributed by atoms with Crippen LogP contribution in [0.2, 0.25) is 0 Å². The number of amides is 2. The SMILES string of the molecule is Cc1ccc(NCONc2ccc(Cc3ccc(NC(=O)Nc4ccc(C)cc4)cc3)cc2)cc1. The Morgan fingerprint density at radius 3 is 1.54 bits per heavy atom. The molecule has 2 amide bonds. The number of carbonyl (C=O) groups is 1. The van der Waals surface area contributed by atoms with E-state index in [1.165, 1.54) is 11.1 Å². The maximum atomic E-state index is 12.2. The van der Waals surface area contributed by atoms with E-state index in [1.807, 2.05) is 79.7 Å². The number of urea groups is 1. The molecule has 0 atom stereocenters. The molecule has 6 heteroatoms. The van der Waals surface area contributed by atoms with Crippen LogP contribution in [-0.2, 0) is 11.3 Å². The van der Waals surface area contributed by atoms with Gasteiger partial charge < -0.3 is 16.0 Å². The van der Waals surface area contributed by atoms with E-state index in [9.17, 15) is 4.79 Å². The van der Waals surface area contributed by atoms with Crippen LogP contribution in [0.25, 0.3) is 0 Å². The van der Waals surface area contributed by atoms with Crippen LogP contribution in [0, 0.1) is 13.8 Å². The van der Waals surface area contributed by atoms with E-state index in [0.717, 1.165) is 40.3 Å². The largest absolute Gasteiger partial charge is 0.361 e. The number of rotatable bonds is 9. The number of benzene rings is 4. The summed E-state index contributed by atoms with van der Waals surface area (Å²) in [4.78, 5) is 17.7. The van der Waals surface area contributed by atoms with Crippen molar-refractivity contribution >= 4 is 28.8 Å². The zero-order valence-corrected chi connectivity index (χ0v) is 20.0. The Bertz CT molecular complexity index is 1220. The molecule has 0 radical (unpaired) electrons. The van der Waals surface area contributed by atoms with Gasteiger partial charge in [-0.2, -0.15) is 0 Å². The first-order valence-corrected chi connectivity index (χ1v) is 11.5. The summed E-state index contributed by atoms with van der Waals surface area (Å²) in [6.45, 7) is 4.43. The predicted molar refractivity (Wildman–Crippen MR) is 144 cm³/mol. The zero-order chi connectivity index (χ0) is 24.5. The van der Waals surface area contributed by atoms with Crippen molar-refractivity contribution in [2.45, 2.75) is 20.3 Å². The number of aryl methyl sites for hydroxylation is 2. The zero-order valence-electron chi connectivity index (χ0n) is 20.0. The molecule has 0 bridgehead atoms. The van der Waals surface area contributed by atoms with Crippen molar-refractivity contribution < 1.29 is 9.63 Å². The maximum Gasteiger partial charge on any atom is 0.323 e. The average Bonchev–Trinajstić information content (AvgIpc) is 2.86. The van der Waals surface area contributed by atoms with Crippen molar-refractivity contribution in [3.05, 3.63) is 119 Å². The molecule has 4 N–H and O–H groups in total. The molecule has 0 saturated carbocycles. The molecule has 35 heavy (non-hydrogen) atoms. The smallest absolute Gasteiger partial charge is 0.323 e. The lowest BCUT2D eigenvalue weighted by Gasteiger charge is -2.11. The van der Waals surface area contributed by atoms with Gasteiger partial charge in [0, 0.05) is 17.1 Å². The standard InChI is InChI=1S/C29H30N4O2/c1-21-3-11-25(12-4-21)30-20-35-33-28-17-9-24(10-18-28)19-23-7-15-27(16-8-23)32-29(34)31-26-13-5-22(2)6-14-26/h3-18,30,33H,19-20H2,1-2H3,(H2,31,32,34). The molecule has 0 spiro atoms. The second-order valence-corrected chi connectivity index (χ2v) is 8.45. The first-order valence-electron chi connectivity index (χ1n) is 11.5. The summed E-state index contributed by atoms with van der Waals surface area (Å²) in [5.74, 6) is 0. The van der Waals surface area contributed by atoms with E-state index in [-0.39, 0.29) is 6.03 Å². The molecule has 0 aliphatic carbocycles. The minimum atomic E-state index is -0.263. The number of carbonyl (C=O) groups excluding carboxylic acids is 1. The molecular weight excluding hydrogens is 436 g/mol. The topological polar surface area (TPSA) is 74.4 Å². The molecule has 0 aliphatic rings. The van der Waals surface area contributed by atoms with E-state index in [4.69, 9.17) is 4.84 Å². The molecule has 6 nitrogen and oxygen atoms in total. The van der Waals surface area contributed by atoms with Crippen LogP contribution in [0.1, 0.15) is 22.3 Å². The van der Waals surface area contributed by atoms with Gasteiger partial charge in [0.15, 0.2) is 0 Å². The van der Waals surface area contributed by atoms with Crippen molar-refractivity contribution in [2.24, 2.45) is 0 Å². The van der Waals surface area contributed by atoms with Gasteiger partial charge in [-0.1, -0.05) is 59.7 Å². The summed E-state index contributed by atoms with van der Waals surface area (Å²) < 4.78 is 0. The molecule has 178 valence electrons. The summed E-state index contributed by atoms with van der Waals surface area (Å²) in [5.41, 5.74) is 11.1. The number of hydrogen-bond acceptors (Lipinski definition) is 4. The van der Waals surface area contributed by atoms with Gasteiger partial charge in [0.05, 0.1) is 5.69 Å².